The number of nitrogens with zero attached hydrogens (tertiary/aromatic N) is 1. The molecule has 0 radical (unpaired) electrons. The highest BCUT2D eigenvalue weighted by atomic mass is 16.2. The topological polar surface area (TPSA) is 46.3 Å². The van der Waals surface area contributed by atoms with Gasteiger partial charge in [0.25, 0.3) is 5.91 Å². The first-order valence-electron chi connectivity index (χ1n) is 6.10. The molecule has 1 amide bonds. The van der Waals surface area contributed by atoms with Gasteiger partial charge in [-0.1, -0.05) is 13.0 Å². The Bertz CT molecular complexity index is 442. The molecule has 2 atom stereocenters. The molecule has 1 aromatic rings. The number of rotatable bonds is 3. The number of nitrogen functional groups attached to an aromatic ring is 1. The third-order valence-corrected chi connectivity index (χ3v) is 3.62. The minimum Gasteiger partial charge on any atom is -0.399 e. The second-order valence-corrected chi connectivity index (χ2v) is 5.23. The van der Waals surface area contributed by atoms with Crippen LogP contribution in [0.25, 0.3) is 0 Å². The molecule has 1 aromatic carbocycles. The van der Waals surface area contributed by atoms with Crippen LogP contribution in [0.5, 0.6) is 0 Å². The molecule has 0 aliphatic heterocycles. The average Bonchev–Trinajstić information content (AvgIpc) is 2.96. The Morgan fingerprint density at radius 1 is 1.53 bits per heavy atom. The van der Waals surface area contributed by atoms with Crippen LogP contribution in [0, 0.1) is 18.8 Å². The molecule has 1 aliphatic rings. The van der Waals surface area contributed by atoms with Gasteiger partial charge >= 0.3 is 0 Å². The fourth-order valence-electron chi connectivity index (χ4n) is 2.16. The molecule has 92 valence electrons. The summed E-state index contributed by atoms with van der Waals surface area (Å²) in [6.45, 7) is 5.03. The highest BCUT2D eigenvalue weighted by Crippen LogP contribution is 2.38. The first-order chi connectivity index (χ1) is 7.99. The Kier molecular flexibility index (Phi) is 3.09. The monoisotopic (exact) mass is 232 g/mol. The molecule has 3 nitrogen and oxygen atoms in total. The van der Waals surface area contributed by atoms with Crippen molar-refractivity contribution in [3.63, 3.8) is 0 Å². The fourth-order valence-corrected chi connectivity index (χ4v) is 2.16. The van der Waals surface area contributed by atoms with Crippen molar-refractivity contribution in [1.82, 2.24) is 4.90 Å². The number of hydrogen-bond donors (Lipinski definition) is 1. The molecule has 1 aliphatic carbocycles. The van der Waals surface area contributed by atoms with Crippen LogP contribution >= 0.6 is 0 Å². The minimum absolute atomic E-state index is 0.0777. The Morgan fingerprint density at radius 2 is 2.18 bits per heavy atom. The van der Waals surface area contributed by atoms with Gasteiger partial charge in [-0.3, -0.25) is 4.79 Å². The quantitative estimate of drug-likeness (QED) is 0.813. The molecule has 0 bridgehead atoms. The molecular weight excluding hydrogens is 212 g/mol. The van der Waals surface area contributed by atoms with Crippen LogP contribution in [-0.4, -0.2) is 24.4 Å². The maximum absolute atomic E-state index is 12.3. The summed E-state index contributed by atoms with van der Waals surface area (Å²) in [7, 11) is 1.87. The van der Waals surface area contributed by atoms with E-state index in [1.165, 1.54) is 6.42 Å². The largest absolute Gasteiger partial charge is 0.399 e. The third-order valence-electron chi connectivity index (χ3n) is 3.62. The van der Waals surface area contributed by atoms with E-state index in [1.54, 1.807) is 6.07 Å². The van der Waals surface area contributed by atoms with Crippen molar-refractivity contribution in [3.8, 4) is 0 Å². The van der Waals surface area contributed by atoms with Crippen molar-refractivity contribution in [2.24, 2.45) is 11.8 Å². The number of carbonyl (C=O) groups is 1. The van der Waals surface area contributed by atoms with E-state index in [2.05, 4.69) is 6.92 Å². The lowest BCUT2D eigenvalue weighted by molar-refractivity contribution is 0.0786. The van der Waals surface area contributed by atoms with Crippen molar-refractivity contribution in [1.29, 1.82) is 0 Å². The summed E-state index contributed by atoms with van der Waals surface area (Å²) in [6, 6.07) is 5.50. The van der Waals surface area contributed by atoms with Gasteiger partial charge in [0.05, 0.1) is 0 Å². The van der Waals surface area contributed by atoms with Crippen molar-refractivity contribution in [2.75, 3.05) is 19.3 Å². The van der Waals surface area contributed by atoms with E-state index >= 15 is 0 Å². The smallest absolute Gasteiger partial charge is 0.253 e. The molecule has 2 unspecified atom stereocenters. The zero-order valence-electron chi connectivity index (χ0n) is 10.7. The number of amides is 1. The first kappa shape index (κ1) is 12.0. The summed E-state index contributed by atoms with van der Waals surface area (Å²) in [5.41, 5.74) is 8.08. The third kappa shape index (κ3) is 2.60. The van der Waals surface area contributed by atoms with Gasteiger partial charge in [0, 0.05) is 24.8 Å². The molecule has 0 aromatic heterocycles. The number of aryl methyl sites for hydroxylation is 1. The molecule has 0 saturated heterocycles. The summed E-state index contributed by atoms with van der Waals surface area (Å²) < 4.78 is 0. The zero-order valence-corrected chi connectivity index (χ0v) is 10.7. The van der Waals surface area contributed by atoms with E-state index in [1.807, 2.05) is 31.0 Å². The van der Waals surface area contributed by atoms with Gasteiger partial charge in [0.1, 0.15) is 0 Å². The maximum atomic E-state index is 12.3. The maximum Gasteiger partial charge on any atom is 0.253 e. The molecule has 0 heterocycles. The van der Waals surface area contributed by atoms with Crippen LogP contribution in [0.4, 0.5) is 5.69 Å². The van der Waals surface area contributed by atoms with E-state index in [0.29, 0.717) is 11.6 Å². The molecule has 1 fully saturated rings. The average molecular weight is 232 g/mol. The van der Waals surface area contributed by atoms with Crippen LogP contribution in [0.3, 0.4) is 0 Å². The van der Waals surface area contributed by atoms with Gasteiger partial charge in [-0.15, -0.1) is 0 Å². The van der Waals surface area contributed by atoms with Crippen molar-refractivity contribution < 1.29 is 4.79 Å². The van der Waals surface area contributed by atoms with Gasteiger partial charge in [0.2, 0.25) is 0 Å². The van der Waals surface area contributed by atoms with Gasteiger partial charge in [-0.25, -0.2) is 0 Å². The number of carbonyl (C=O) groups excluding carboxylic acids is 1. The second kappa shape index (κ2) is 4.40. The van der Waals surface area contributed by atoms with E-state index in [9.17, 15) is 4.79 Å². The fraction of sp³-hybridized carbons (Fsp3) is 0.500. The lowest BCUT2D eigenvalue weighted by Crippen LogP contribution is -2.29. The summed E-state index contributed by atoms with van der Waals surface area (Å²) in [6.07, 6.45) is 1.24. The van der Waals surface area contributed by atoms with Gasteiger partial charge < -0.3 is 10.6 Å². The van der Waals surface area contributed by atoms with Crippen LogP contribution in [0.1, 0.15) is 29.3 Å². The van der Waals surface area contributed by atoms with Gasteiger partial charge in [-0.2, -0.15) is 0 Å². The van der Waals surface area contributed by atoms with Crippen LogP contribution in [0.2, 0.25) is 0 Å². The normalized spacial score (nSPS) is 22.3. The Hall–Kier alpha value is -1.51. The van der Waals surface area contributed by atoms with Crippen LogP contribution in [-0.2, 0) is 0 Å². The first-order valence-corrected chi connectivity index (χ1v) is 6.10. The van der Waals surface area contributed by atoms with Crippen molar-refractivity contribution in [2.45, 2.75) is 20.3 Å². The number of hydrogen-bond acceptors (Lipinski definition) is 2. The van der Waals surface area contributed by atoms with E-state index in [-0.39, 0.29) is 5.91 Å². The van der Waals surface area contributed by atoms with Crippen LogP contribution in [0.15, 0.2) is 18.2 Å². The number of benzene rings is 1. The summed E-state index contributed by atoms with van der Waals surface area (Å²) >= 11 is 0. The minimum atomic E-state index is 0.0777. The molecule has 0 spiro atoms. The lowest BCUT2D eigenvalue weighted by atomic mass is 10.1. The molecule has 2 rings (SSSR count). The van der Waals surface area contributed by atoms with Gasteiger partial charge in [-0.05, 0) is 42.9 Å². The SMILES string of the molecule is Cc1ccc(N)cc1C(=O)N(C)CC1CC1C. The molecule has 2 N–H and O–H groups in total. The second-order valence-electron chi connectivity index (χ2n) is 5.23. The predicted octanol–water partition coefficient (Wildman–Crippen LogP) is 2.31. The predicted molar refractivity (Wildman–Crippen MR) is 69.8 cm³/mol. The standard InChI is InChI=1S/C14H20N2O/c1-9-4-5-12(15)7-13(9)14(17)16(3)8-11-6-10(11)2/h4-5,7,10-11H,6,8,15H2,1-3H3. The highest BCUT2D eigenvalue weighted by molar-refractivity contribution is 5.96. The van der Waals surface area contributed by atoms with E-state index < -0.39 is 0 Å². The van der Waals surface area contributed by atoms with Crippen molar-refractivity contribution >= 4 is 11.6 Å². The highest BCUT2D eigenvalue weighted by Gasteiger charge is 2.34. The number of anilines is 1. The molecule has 3 heteroatoms. The Morgan fingerprint density at radius 3 is 2.76 bits per heavy atom. The molecular formula is C14H20N2O. The molecule has 1 saturated carbocycles. The Balaban J connectivity index is 2.10. The number of nitrogens with two attached hydrogens (primary N) is 1. The summed E-state index contributed by atoms with van der Waals surface area (Å²) in [4.78, 5) is 14.1. The van der Waals surface area contributed by atoms with Crippen molar-refractivity contribution in [3.05, 3.63) is 29.3 Å². The summed E-state index contributed by atoms with van der Waals surface area (Å²) in [5.74, 6) is 1.53. The van der Waals surface area contributed by atoms with E-state index in [0.717, 1.165) is 23.6 Å². The lowest BCUT2D eigenvalue weighted by Gasteiger charge is -2.18. The van der Waals surface area contributed by atoms with Crippen LogP contribution < -0.4 is 5.73 Å². The Labute approximate surface area is 103 Å². The molecule has 17 heavy (non-hydrogen) atoms. The van der Waals surface area contributed by atoms with Gasteiger partial charge in [0.15, 0.2) is 0 Å². The summed E-state index contributed by atoms with van der Waals surface area (Å²) in [5, 5.41) is 0. The zero-order chi connectivity index (χ0) is 12.6. The van der Waals surface area contributed by atoms with E-state index in [4.69, 9.17) is 5.73 Å².